The fourth-order valence-electron chi connectivity index (χ4n) is 2.96. The predicted octanol–water partition coefficient (Wildman–Crippen LogP) is 4.92. The van der Waals surface area contributed by atoms with Gasteiger partial charge in [0.1, 0.15) is 0 Å². The molecule has 1 unspecified atom stereocenters. The summed E-state index contributed by atoms with van der Waals surface area (Å²) in [5.74, 6) is -1.34. The van der Waals surface area contributed by atoms with E-state index in [1.54, 1.807) is 51.1 Å². The van der Waals surface area contributed by atoms with Gasteiger partial charge < -0.3 is 10.1 Å². The Morgan fingerprint density at radius 2 is 1.79 bits per heavy atom. The van der Waals surface area contributed by atoms with Crippen molar-refractivity contribution < 1.29 is 22.7 Å². The van der Waals surface area contributed by atoms with Gasteiger partial charge in [-0.3, -0.25) is 4.79 Å². The number of rotatable bonds is 9. The fourth-order valence-corrected chi connectivity index (χ4v) is 5.14. The molecule has 0 heterocycles. The average molecular weight is 513 g/mol. The molecule has 7 nitrogen and oxygen atoms in total. The maximum Gasteiger partial charge on any atom is 0.331 e. The fraction of sp³-hybridized carbons (Fsp3) is 0.304. The van der Waals surface area contributed by atoms with Crippen molar-refractivity contribution in [3.05, 3.63) is 63.6 Å². The van der Waals surface area contributed by atoms with Crippen LogP contribution in [0, 0.1) is 6.92 Å². The van der Waals surface area contributed by atoms with Crippen LogP contribution in [0.15, 0.2) is 47.4 Å². The predicted molar refractivity (Wildman–Crippen MR) is 131 cm³/mol. The summed E-state index contributed by atoms with van der Waals surface area (Å²) in [4.78, 5) is 24.7. The van der Waals surface area contributed by atoms with Gasteiger partial charge in [-0.05, 0) is 55.3 Å². The molecule has 0 saturated heterocycles. The number of nitrogens with one attached hydrogen (secondary N) is 1. The molecule has 0 spiro atoms. The molecule has 0 aliphatic carbocycles. The van der Waals surface area contributed by atoms with Crippen molar-refractivity contribution in [1.29, 1.82) is 0 Å². The summed E-state index contributed by atoms with van der Waals surface area (Å²) in [6.07, 6.45) is 1.49. The van der Waals surface area contributed by atoms with Gasteiger partial charge in [0.05, 0.1) is 4.90 Å². The molecule has 1 amide bonds. The van der Waals surface area contributed by atoms with Gasteiger partial charge in [0.15, 0.2) is 6.10 Å². The largest absolute Gasteiger partial charge is 0.449 e. The van der Waals surface area contributed by atoms with Gasteiger partial charge >= 0.3 is 5.97 Å². The van der Waals surface area contributed by atoms with Crippen LogP contribution in [0.2, 0.25) is 10.0 Å². The summed E-state index contributed by atoms with van der Waals surface area (Å²) < 4.78 is 32.2. The van der Waals surface area contributed by atoms with Crippen LogP contribution in [0.25, 0.3) is 6.08 Å². The molecule has 1 atom stereocenters. The zero-order valence-corrected chi connectivity index (χ0v) is 21.1. The van der Waals surface area contributed by atoms with E-state index in [2.05, 4.69) is 5.32 Å². The van der Waals surface area contributed by atoms with Gasteiger partial charge in [0, 0.05) is 34.9 Å². The Hall–Kier alpha value is -2.39. The lowest BCUT2D eigenvalue weighted by Crippen LogP contribution is -2.31. The molecule has 1 N–H and O–H groups in total. The Morgan fingerprint density at radius 1 is 1.12 bits per heavy atom. The Labute approximate surface area is 204 Å². The number of esters is 1. The van der Waals surface area contributed by atoms with Gasteiger partial charge in [-0.1, -0.05) is 49.2 Å². The molecule has 0 fully saturated rings. The minimum Gasteiger partial charge on any atom is -0.449 e. The first-order valence-electron chi connectivity index (χ1n) is 10.2. The third-order valence-electron chi connectivity index (χ3n) is 4.80. The van der Waals surface area contributed by atoms with E-state index in [0.717, 1.165) is 6.08 Å². The standard InChI is InChI=1S/C23H26Cl2N2O5S/c1-5-27(6-2)33(30,31)21-14-19(11-7-15(21)3)26-23(29)16(4)32-22(28)12-9-17-8-10-18(24)13-20(17)25/h7-14,16H,5-6H2,1-4H3,(H,26,29). The number of anilines is 1. The minimum atomic E-state index is -3.70. The molecular weight excluding hydrogens is 487 g/mol. The maximum atomic E-state index is 12.9. The van der Waals surface area contributed by atoms with Crippen LogP contribution >= 0.6 is 23.2 Å². The number of amides is 1. The zero-order chi connectivity index (χ0) is 24.8. The number of hydrogen-bond acceptors (Lipinski definition) is 5. The summed E-state index contributed by atoms with van der Waals surface area (Å²) in [6, 6.07) is 9.42. The molecule has 0 saturated carbocycles. The lowest BCUT2D eigenvalue weighted by molar-refractivity contribution is -0.148. The van der Waals surface area contributed by atoms with E-state index in [-0.39, 0.29) is 10.6 Å². The summed E-state index contributed by atoms with van der Waals surface area (Å²) >= 11 is 11.9. The number of aryl methyl sites for hydroxylation is 1. The van der Waals surface area contributed by atoms with Crippen LogP contribution in [-0.4, -0.2) is 43.8 Å². The monoisotopic (exact) mass is 512 g/mol. The second-order valence-electron chi connectivity index (χ2n) is 7.14. The van der Waals surface area contributed by atoms with Crippen molar-refractivity contribution in [3.63, 3.8) is 0 Å². The van der Waals surface area contributed by atoms with Gasteiger partial charge in [0.2, 0.25) is 10.0 Å². The van der Waals surface area contributed by atoms with E-state index in [9.17, 15) is 18.0 Å². The number of sulfonamides is 1. The Morgan fingerprint density at radius 3 is 2.39 bits per heavy atom. The smallest absolute Gasteiger partial charge is 0.331 e. The summed E-state index contributed by atoms with van der Waals surface area (Å²) in [5, 5.41) is 3.43. The van der Waals surface area contributed by atoms with Gasteiger partial charge in [-0.2, -0.15) is 4.31 Å². The Bertz CT molecular complexity index is 1160. The summed E-state index contributed by atoms with van der Waals surface area (Å²) in [5.41, 5.74) is 1.41. The maximum absolute atomic E-state index is 12.9. The number of benzene rings is 2. The van der Waals surface area contributed by atoms with E-state index < -0.39 is 28.0 Å². The first kappa shape index (κ1) is 26.9. The van der Waals surface area contributed by atoms with Crippen molar-refractivity contribution in [2.24, 2.45) is 0 Å². The van der Waals surface area contributed by atoms with Crippen molar-refractivity contribution in [3.8, 4) is 0 Å². The van der Waals surface area contributed by atoms with Crippen molar-refractivity contribution in [1.82, 2.24) is 4.31 Å². The molecule has 10 heteroatoms. The molecule has 0 bridgehead atoms. The molecular formula is C23H26Cl2N2O5S. The lowest BCUT2D eigenvalue weighted by atomic mass is 10.2. The first-order chi connectivity index (χ1) is 15.5. The van der Waals surface area contributed by atoms with Crippen LogP contribution in [0.4, 0.5) is 5.69 Å². The molecule has 178 valence electrons. The minimum absolute atomic E-state index is 0.108. The number of carbonyl (C=O) groups is 2. The van der Waals surface area contributed by atoms with E-state index >= 15 is 0 Å². The molecule has 2 rings (SSSR count). The topological polar surface area (TPSA) is 92.8 Å². The first-order valence-corrected chi connectivity index (χ1v) is 12.4. The van der Waals surface area contributed by atoms with E-state index in [4.69, 9.17) is 27.9 Å². The molecule has 0 aliphatic heterocycles. The number of ether oxygens (including phenoxy) is 1. The highest BCUT2D eigenvalue weighted by Gasteiger charge is 2.24. The van der Waals surface area contributed by atoms with Crippen LogP contribution in [0.5, 0.6) is 0 Å². The summed E-state index contributed by atoms with van der Waals surface area (Å²) in [6.45, 7) is 7.28. The second-order valence-corrected chi connectivity index (χ2v) is 9.89. The Kier molecular flexibility index (Phi) is 9.48. The normalized spacial score (nSPS) is 12.7. The van der Waals surface area contributed by atoms with Crippen LogP contribution < -0.4 is 5.32 Å². The zero-order valence-electron chi connectivity index (χ0n) is 18.8. The third-order valence-corrected chi connectivity index (χ3v) is 7.56. The highest BCUT2D eigenvalue weighted by atomic mass is 35.5. The molecule has 0 aromatic heterocycles. The van der Waals surface area contributed by atoms with Crippen LogP contribution in [0.1, 0.15) is 31.9 Å². The van der Waals surface area contributed by atoms with E-state index in [1.165, 1.54) is 23.4 Å². The van der Waals surface area contributed by atoms with Crippen LogP contribution in [0.3, 0.4) is 0 Å². The SMILES string of the molecule is CCN(CC)S(=O)(=O)c1cc(NC(=O)C(C)OC(=O)C=Cc2ccc(Cl)cc2Cl)ccc1C. The average Bonchev–Trinajstić information content (AvgIpc) is 2.74. The highest BCUT2D eigenvalue weighted by Crippen LogP contribution is 2.24. The highest BCUT2D eigenvalue weighted by molar-refractivity contribution is 7.89. The molecule has 2 aromatic carbocycles. The third kappa shape index (κ3) is 7.04. The molecule has 2 aromatic rings. The van der Waals surface area contributed by atoms with Crippen molar-refractivity contribution in [2.45, 2.75) is 38.7 Å². The number of nitrogens with zero attached hydrogens (tertiary/aromatic N) is 1. The Balaban J connectivity index is 2.08. The number of hydrogen-bond donors (Lipinski definition) is 1. The number of carbonyl (C=O) groups excluding carboxylic acids is 2. The summed E-state index contributed by atoms with van der Waals surface area (Å²) in [7, 11) is -3.70. The second kappa shape index (κ2) is 11.7. The van der Waals surface area contributed by atoms with E-state index in [0.29, 0.717) is 34.3 Å². The lowest BCUT2D eigenvalue weighted by Gasteiger charge is -2.20. The van der Waals surface area contributed by atoms with Crippen LogP contribution in [-0.2, 0) is 24.3 Å². The molecule has 0 aliphatic rings. The van der Waals surface area contributed by atoms with Gasteiger partial charge in [-0.25, -0.2) is 13.2 Å². The van der Waals surface area contributed by atoms with Gasteiger partial charge in [0.25, 0.3) is 5.91 Å². The van der Waals surface area contributed by atoms with E-state index in [1.807, 2.05) is 0 Å². The van der Waals surface area contributed by atoms with Crippen molar-refractivity contribution in [2.75, 3.05) is 18.4 Å². The molecule has 0 radical (unpaired) electrons. The van der Waals surface area contributed by atoms with Gasteiger partial charge in [-0.15, -0.1) is 0 Å². The molecule has 33 heavy (non-hydrogen) atoms. The quantitative estimate of drug-likeness (QED) is 0.380. The number of halogens is 2. The van der Waals surface area contributed by atoms with Crippen molar-refractivity contribution >= 4 is 56.9 Å².